The van der Waals surface area contributed by atoms with E-state index in [-0.39, 0.29) is 0 Å². The van der Waals surface area contributed by atoms with Crippen LogP contribution >= 0.6 is 11.3 Å². The van der Waals surface area contributed by atoms with E-state index in [1.807, 2.05) is 11.3 Å². The van der Waals surface area contributed by atoms with E-state index in [0.29, 0.717) is 0 Å². The fraction of sp³-hybridized carbons (Fsp3) is 0.765. The predicted molar refractivity (Wildman–Crippen MR) is 84.6 cm³/mol. The molecule has 18 heavy (non-hydrogen) atoms. The molecule has 0 amide bonds. The number of hydrogen-bond donors (Lipinski definition) is 0. The Kier molecular flexibility index (Phi) is 9.28. The van der Waals surface area contributed by atoms with Gasteiger partial charge >= 0.3 is 0 Å². The minimum Gasteiger partial charge on any atom is -0.146 e. The van der Waals surface area contributed by atoms with E-state index in [0.717, 1.165) is 0 Å². The van der Waals surface area contributed by atoms with Crippen molar-refractivity contribution in [3.63, 3.8) is 0 Å². The molecule has 0 spiro atoms. The first kappa shape index (κ1) is 15.8. The number of thiophene rings is 1. The van der Waals surface area contributed by atoms with Gasteiger partial charge in [0.15, 0.2) is 0 Å². The molecule has 1 rings (SSSR count). The Balaban J connectivity index is 1.81. The summed E-state index contributed by atoms with van der Waals surface area (Å²) in [6, 6.07) is 4.55. The summed E-state index contributed by atoms with van der Waals surface area (Å²) in [5.74, 6) is 0. The first-order valence-electron chi connectivity index (χ1n) is 7.88. The Bertz CT molecular complexity index is 288. The van der Waals surface area contributed by atoms with Gasteiger partial charge in [0.05, 0.1) is 0 Å². The van der Waals surface area contributed by atoms with Crippen molar-refractivity contribution in [3.8, 4) is 0 Å². The van der Waals surface area contributed by atoms with Crippen LogP contribution in [0.4, 0.5) is 0 Å². The highest BCUT2D eigenvalue weighted by molar-refractivity contribution is 7.11. The van der Waals surface area contributed by atoms with Crippen molar-refractivity contribution in [3.05, 3.63) is 21.9 Å². The molecule has 1 aromatic heterocycles. The fourth-order valence-electron chi connectivity index (χ4n) is 2.41. The minimum atomic E-state index is 1.30. The molecule has 0 aromatic carbocycles. The number of rotatable bonds is 11. The van der Waals surface area contributed by atoms with E-state index >= 15 is 0 Å². The number of hydrogen-bond acceptors (Lipinski definition) is 1. The first-order valence-corrected chi connectivity index (χ1v) is 8.70. The SMILES string of the molecule is CCCCCCCCCCCCc1ccc(C)s1. The molecule has 0 aliphatic carbocycles. The quantitative estimate of drug-likeness (QED) is 0.400. The molecule has 1 heterocycles. The molecule has 0 nitrogen and oxygen atoms in total. The van der Waals surface area contributed by atoms with E-state index in [9.17, 15) is 0 Å². The second kappa shape index (κ2) is 10.6. The molecule has 0 fully saturated rings. The average Bonchev–Trinajstić information content (AvgIpc) is 2.77. The van der Waals surface area contributed by atoms with Gasteiger partial charge in [-0.1, -0.05) is 64.7 Å². The standard InChI is InChI=1S/C17H30S/c1-3-4-5-6-7-8-9-10-11-12-13-17-15-14-16(2)18-17/h14-15H,3-13H2,1-2H3. The first-order chi connectivity index (χ1) is 8.83. The van der Waals surface area contributed by atoms with Gasteiger partial charge in [0, 0.05) is 9.75 Å². The van der Waals surface area contributed by atoms with Gasteiger partial charge < -0.3 is 0 Å². The number of aryl methyl sites for hydroxylation is 2. The van der Waals surface area contributed by atoms with Crippen molar-refractivity contribution in [1.82, 2.24) is 0 Å². The van der Waals surface area contributed by atoms with Crippen LogP contribution in [0.15, 0.2) is 12.1 Å². The Hall–Kier alpha value is -0.300. The highest BCUT2D eigenvalue weighted by Gasteiger charge is 1.97. The van der Waals surface area contributed by atoms with Crippen LogP contribution in [0.2, 0.25) is 0 Å². The van der Waals surface area contributed by atoms with Gasteiger partial charge in [0.2, 0.25) is 0 Å². The summed E-state index contributed by atoms with van der Waals surface area (Å²) < 4.78 is 0. The second-order valence-electron chi connectivity index (χ2n) is 5.44. The summed E-state index contributed by atoms with van der Waals surface area (Å²) in [7, 11) is 0. The average molecular weight is 266 g/mol. The van der Waals surface area contributed by atoms with Crippen molar-refractivity contribution in [2.24, 2.45) is 0 Å². The lowest BCUT2D eigenvalue weighted by Gasteiger charge is -2.01. The maximum absolute atomic E-state index is 2.30. The summed E-state index contributed by atoms with van der Waals surface area (Å²) in [5, 5.41) is 0. The maximum atomic E-state index is 2.30. The van der Waals surface area contributed by atoms with Gasteiger partial charge in [-0.2, -0.15) is 0 Å². The zero-order valence-electron chi connectivity index (χ0n) is 12.3. The topological polar surface area (TPSA) is 0 Å². The predicted octanol–water partition coefficient (Wildman–Crippen LogP) is 6.52. The highest BCUT2D eigenvalue weighted by Crippen LogP contribution is 2.18. The van der Waals surface area contributed by atoms with Crippen molar-refractivity contribution in [1.29, 1.82) is 0 Å². The minimum absolute atomic E-state index is 1.30. The van der Waals surface area contributed by atoms with Crippen LogP contribution in [0.3, 0.4) is 0 Å². The third kappa shape index (κ3) is 7.92. The summed E-state index contributed by atoms with van der Waals surface area (Å²) in [5.41, 5.74) is 0. The third-order valence-corrected chi connectivity index (χ3v) is 4.63. The molecule has 0 saturated heterocycles. The van der Waals surface area contributed by atoms with Gasteiger partial charge in [-0.25, -0.2) is 0 Å². The molecular formula is C17H30S. The highest BCUT2D eigenvalue weighted by atomic mass is 32.1. The lowest BCUT2D eigenvalue weighted by Crippen LogP contribution is -1.84. The van der Waals surface area contributed by atoms with Crippen LogP contribution in [0.1, 0.15) is 80.9 Å². The molecule has 104 valence electrons. The normalized spacial score (nSPS) is 11.0. The summed E-state index contributed by atoms with van der Waals surface area (Å²) in [6.45, 7) is 4.49. The Morgan fingerprint density at radius 2 is 1.33 bits per heavy atom. The Morgan fingerprint density at radius 3 is 1.83 bits per heavy atom. The monoisotopic (exact) mass is 266 g/mol. The van der Waals surface area contributed by atoms with Gasteiger partial charge in [0.1, 0.15) is 0 Å². The van der Waals surface area contributed by atoms with E-state index in [1.165, 1.54) is 75.5 Å². The molecule has 0 aliphatic rings. The van der Waals surface area contributed by atoms with Crippen molar-refractivity contribution in [2.45, 2.75) is 84.5 Å². The largest absolute Gasteiger partial charge is 0.146 e. The lowest BCUT2D eigenvalue weighted by atomic mass is 10.1. The van der Waals surface area contributed by atoms with E-state index in [4.69, 9.17) is 0 Å². The Labute approximate surface area is 118 Å². The van der Waals surface area contributed by atoms with Crippen LogP contribution in [-0.4, -0.2) is 0 Å². The summed E-state index contributed by atoms with van der Waals surface area (Å²) >= 11 is 1.97. The van der Waals surface area contributed by atoms with E-state index in [1.54, 1.807) is 4.88 Å². The molecular weight excluding hydrogens is 236 g/mol. The third-order valence-electron chi connectivity index (χ3n) is 3.57. The molecule has 0 atom stereocenters. The van der Waals surface area contributed by atoms with Gasteiger partial charge in [-0.15, -0.1) is 11.3 Å². The molecule has 0 bridgehead atoms. The molecule has 0 unspecified atom stereocenters. The lowest BCUT2D eigenvalue weighted by molar-refractivity contribution is 0.557. The van der Waals surface area contributed by atoms with E-state index < -0.39 is 0 Å². The zero-order chi connectivity index (χ0) is 13.1. The number of unbranched alkanes of at least 4 members (excludes halogenated alkanes) is 9. The van der Waals surface area contributed by atoms with Crippen LogP contribution < -0.4 is 0 Å². The van der Waals surface area contributed by atoms with Gasteiger partial charge in [-0.3, -0.25) is 0 Å². The molecule has 0 radical (unpaired) electrons. The smallest absolute Gasteiger partial charge is 0.00480 e. The molecule has 0 saturated carbocycles. The van der Waals surface area contributed by atoms with Gasteiger partial charge in [0.25, 0.3) is 0 Å². The summed E-state index contributed by atoms with van der Waals surface area (Å²) in [6.07, 6.45) is 15.6. The van der Waals surface area contributed by atoms with Crippen LogP contribution in [-0.2, 0) is 6.42 Å². The maximum Gasteiger partial charge on any atom is 0.00480 e. The van der Waals surface area contributed by atoms with Crippen LogP contribution in [0, 0.1) is 6.92 Å². The fourth-order valence-corrected chi connectivity index (χ4v) is 3.34. The second-order valence-corrected chi connectivity index (χ2v) is 6.82. The zero-order valence-corrected chi connectivity index (χ0v) is 13.2. The van der Waals surface area contributed by atoms with Crippen molar-refractivity contribution >= 4 is 11.3 Å². The van der Waals surface area contributed by atoms with Crippen LogP contribution in [0.25, 0.3) is 0 Å². The molecule has 1 heteroatoms. The Morgan fingerprint density at radius 1 is 0.778 bits per heavy atom. The molecule has 0 aliphatic heterocycles. The van der Waals surface area contributed by atoms with Crippen molar-refractivity contribution in [2.75, 3.05) is 0 Å². The molecule has 1 aromatic rings. The summed E-state index contributed by atoms with van der Waals surface area (Å²) in [4.78, 5) is 3.03. The van der Waals surface area contributed by atoms with Gasteiger partial charge in [-0.05, 0) is 31.9 Å². The van der Waals surface area contributed by atoms with E-state index in [2.05, 4.69) is 26.0 Å². The molecule has 0 N–H and O–H groups in total. The van der Waals surface area contributed by atoms with Crippen LogP contribution in [0.5, 0.6) is 0 Å². The van der Waals surface area contributed by atoms with Crippen molar-refractivity contribution < 1.29 is 0 Å².